The number of nitrogens with zero attached hydrogens (tertiary/aromatic N) is 1. The summed E-state index contributed by atoms with van der Waals surface area (Å²) in [6, 6.07) is 17.2. The van der Waals surface area contributed by atoms with Crippen LogP contribution < -0.4 is 14.5 Å². The molecule has 0 amide bonds. The highest BCUT2D eigenvalue weighted by Crippen LogP contribution is 2.27. The molecular formula is C19H25N2O+. The van der Waals surface area contributed by atoms with Crippen molar-refractivity contribution in [3.8, 4) is 5.75 Å². The van der Waals surface area contributed by atoms with E-state index in [-0.39, 0.29) is 0 Å². The number of benzene rings is 2. The summed E-state index contributed by atoms with van der Waals surface area (Å²) in [5.41, 5.74) is 3.99. The monoisotopic (exact) mass is 297 g/mol. The molecule has 0 bridgehead atoms. The maximum Gasteiger partial charge on any atom is 0.142 e. The van der Waals surface area contributed by atoms with Crippen molar-refractivity contribution in [3.05, 3.63) is 59.7 Å². The second kappa shape index (κ2) is 6.84. The Morgan fingerprint density at radius 2 is 1.68 bits per heavy atom. The van der Waals surface area contributed by atoms with Gasteiger partial charge < -0.3 is 14.5 Å². The minimum atomic E-state index is 0.976. The quantitative estimate of drug-likeness (QED) is 0.928. The minimum absolute atomic E-state index is 0.976. The molecule has 1 heterocycles. The lowest BCUT2D eigenvalue weighted by Gasteiger charge is -2.34. The Kier molecular flexibility index (Phi) is 4.64. The van der Waals surface area contributed by atoms with Crippen molar-refractivity contribution in [1.82, 2.24) is 0 Å². The molecule has 1 fully saturated rings. The fraction of sp³-hybridized carbons (Fsp3) is 0.368. The van der Waals surface area contributed by atoms with Gasteiger partial charge in [-0.2, -0.15) is 0 Å². The summed E-state index contributed by atoms with van der Waals surface area (Å²) < 4.78 is 5.48. The van der Waals surface area contributed by atoms with Crippen LogP contribution in [0.4, 0.5) is 5.69 Å². The van der Waals surface area contributed by atoms with Gasteiger partial charge in [-0.1, -0.05) is 42.0 Å². The van der Waals surface area contributed by atoms with E-state index in [1.807, 2.05) is 12.1 Å². The number of ether oxygens (including phenoxy) is 1. The standard InChI is InChI=1S/C19H24N2O/c1-16-7-9-17(10-8-16)15-20-11-13-21(14-12-20)18-5-3-4-6-19(18)22-2/h3-10H,11-15H2,1-2H3/p+1. The van der Waals surface area contributed by atoms with Gasteiger partial charge in [-0.25, -0.2) is 0 Å². The van der Waals surface area contributed by atoms with Gasteiger partial charge >= 0.3 is 0 Å². The number of para-hydroxylation sites is 2. The van der Waals surface area contributed by atoms with E-state index in [1.165, 1.54) is 29.9 Å². The number of aryl methyl sites for hydroxylation is 1. The minimum Gasteiger partial charge on any atom is -0.495 e. The summed E-state index contributed by atoms with van der Waals surface area (Å²) >= 11 is 0. The van der Waals surface area contributed by atoms with E-state index in [4.69, 9.17) is 4.74 Å². The fourth-order valence-electron chi connectivity index (χ4n) is 3.13. The molecule has 0 aliphatic carbocycles. The Bertz CT molecular complexity index is 601. The number of hydrogen-bond donors (Lipinski definition) is 1. The van der Waals surface area contributed by atoms with Crippen LogP contribution in [-0.2, 0) is 6.54 Å². The molecule has 0 spiro atoms. The van der Waals surface area contributed by atoms with Gasteiger partial charge in [0.2, 0.25) is 0 Å². The van der Waals surface area contributed by atoms with E-state index in [9.17, 15) is 0 Å². The van der Waals surface area contributed by atoms with Crippen molar-refractivity contribution >= 4 is 5.69 Å². The average molecular weight is 297 g/mol. The van der Waals surface area contributed by atoms with E-state index >= 15 is 0 Å². The summed E-state index contributed by atoms with van der Waals surface area (Å²) in [5.74, 6) is 0.976. The Hall–Kier alpha value is -2.00. The van der Waals surface area contributed by atoms with Crippen LogP contribution in [0.2, 0.25) is 0 Å². The van der Waals surface area contributed by atoms with E-state index in [0.29, 0.717) is 0 Å². The molecule has 22 heavy (non-hydrogen) atoms. The predicted molar refractivity (Wildman–Crippen MR) is 90.8 cm³/mol. The number of rotatable bonds is 4. The number of nitrogens with one attached hydrogen (secondary N) is 1. The second-order valence-electron chi connectivity index (χ2n) is 6.07. The number of hydrogen-bond acceptors (Lipinski definition) is 2. The van der Waals surface area contributed by atoms with Crippen LogP contribution in [-0.4, -0.2) is 33.3 Å². The molecular weight excluding hydrogens is 272 g/mol. The molecule has 0 aromatic heterocycles. The van der Waals surface area contributed by atoms with Crippen molar-refractivity contribution in [2.24, 2.45) is 0 Å². The Labute approximate surface area is 133 Å². The molecule has 1 saturated heterocycles. The van der Waals surface area contributed by atoms with Crippen LogP contribution in [0.1, 0.15) is 11.1 Å². The molecule has 2 aromatic carbocycles. The third kappa shape index (κ3) is 3.42. The van der Waals surface area contributed by atoms with Crippen molar-refractivity contribution < 1.29 is 9.64 Å². The molecule has 0 saturated carbocycles. The first-order valence-electron chi connectivity index (χ1n) is 8.03. The van der Waals surface area contributed by atoms with Gasteiger partial charge in [0.1, 0.15) is 12.3 Å². The lowest BCUT2D eigenvalue weighted by molar-refractivity contribution is -0.914. The van der Waals surface area contributed by atoms with Crippen LogP contribution >= 0.6 is 0 Å². The third-order valence-electron chi connectivity index (χ3n) is 4.47. The number of piperazine rings is 1. The lowest BCUT2D eigenvalue weighted by atomic mass is 10.1. The van der Waals surface area contributed by atoms with Gasteiger partial charge in [-0.15, -0.1) is 0 Å². The zero-order valence-electron chi connectivity index (χ0n) is 13.5. The molecule has 3 rings (SSSR count). The maximum absolute atomic E-state index is 5.48. The van der Waals surface area contributed by atoms with Crippen molar-refractivity contribution in [3.63, 3.8) is 0 Å². The number of anilines is 1. The molecule has 0 atom stereocenters. The zero-order chi connectivity index (χ0) is 15.4. The van der Waals surface area contributed by atoms with E-state index < -0.39 is 0 Å². The van der Waals surface area contributed by atoms with Crippen LogP contribution in [0.15, 0.2) is 48.5 Å². The highest BCUT2D eigenvalue weighted by atomic mass is 16.5. The Balaban J connectivity index is 1.59. The Morgan fingerprint density at radius 3 is 2.36 bits per heavy atom. The first-order valence-corrected chi connectivity index (χ1v) is 8.03. The summed E-state index contributed by atoms with van der Waals surface area (Å²) in [6.07, 6.45) is 0. The largest absolute Gasteiger partial charge is 0.495 e. The van der Waals surface area contributed by atoms with Gasteiger partial charge in [0.05, 0.1) is 39.0 Å². The third-order valence-corrected chi connectivity index (χ3v) is 4.47. The molecule has 2 aromatic rings. The summed E-state index contributed by atoms with van der Waals surface area (Å²) in [6.45, 7) is 7.78. The summed E-state index contributed by atoms with van der Waals surface area (Å²) in [7, 11) is 1.75. The second-order valence-corrected chi connectivity index (χ2v) is 6.07. The first-order chi connectivity index (χ1) is 10.8. The highest BCUT2D eigenvalue weighted by molar-refractivity contribution is 5.58. The van der Waals surface area contributed by atoms with Gasteiger partial charge in [-0.3, -0.25) is 0 Å². The zero-order valence-corrected chi connectivity index (χ0v) is 13.5. The molecule has 1 aliphatic rings. The van der Waals surface area contributed by atoms with Gasteiger partial charge in [-0.05, 0) is 19.1 Å². The topological polar surface area (TPSA) is 16.9 Å². The van der Waals surface area contributed by atoms with Crippen molar-refractivity contribution in [2.75, 3.05) is 38.2 Å². The van der Waals surface area contributed by atoms with E-state index in [0.717, 1.165) is 25.4 Å². The average Bonchev–Trinajstić information content (AvgIpc) is 2.58. The van der Waals surface area contributed by atoms with Crippen LogP contribution in [0, 0.1) is 6.92 Å². The molecule has 116 valence electrons. The van der Waals surface area contributed by atoms with Gasteiger partial charge in [0, 0.05) is 5.56 Å². The molecule has 1 N–H and O–H groups in total. The van der Waals surface area contributed by atoms with Crippen molar-refractivity contribution in [1.29, 1.82) is 0 Å². The Morgan fingerprint density at radius 1 is 1.00 bits per heavy atom. The number of methoxy groups -OCH3 is 1. The summed E-state index contributed by atoms with van der Waals surface area (Å²) in [5, 5.41) is 0. The molecule has 0 radical (unpaired) electrons. The highest BCUT2D eigenvalue weighted by Gasteiger charge is 2.22. The van der Waals surface area contributed by atoms with Crippen molar-refractivity contribution in [2.45, 2.75) is 13.5 Å². The first kappa shape index (κ1) is 14.9. The maximum atomic E-state index is 5.48. The van der Waals surface area contributed by atoms with Crippen LogP contribution in [0.5, 0.6) is 5.75 Å². The van der Waals surface area contributed by atoms with Gasteiger partial charge in [0.15, 0.2) is 0 Å². The smallest absolute Gasteiger partial charge is 0.142 e. The van der Waals surface area contributed by atoms with E-state index in [2.05, 4.69) is 48.2 Å². The molecule has 3 heteroatoms. The lowest BCUT2D eigenvalue weighted by Crippen LogP contribution is -3.13. The van der Waals surface area contributed by atoms with E-state index in [1.54, 1.807) is 12.0 Å². The fourth-order valence-corrected chi connectivity index (χ4v) is 3.13. The van der Waals surface area contributed by atoms with Crippen LogP contribution in [0.25, 0.3) is 0 Å². The molecule has 1 aliphatic heterocycles. The molecule has 0 unspecified atom stereocenters. The summed E-state index contributed by atoms with van der Waals surface area (Å²) in [4.78, 5) is 4.10. The number of quaternary nitrogens is 1. The van der Waals surface area contributed by atoms with Crippen LogP contribution in [0.3, 0.4) is 0 Å². The molecule has 3 nitrogen and oxygen atoms in total. The predicted octanol–water partition coefficient (Wildman–Crippen LogP) is 1.91. The SMILES string of the molecule is COc1ccccc1N1CC[NH+](Cc2ccc(C)cc2)CC1. The van der Waals surface area contributed by atoms with Gasteiger partial charge in [0.25, 0.3) is 0 Å². The normalized spacial score (nSPS) is 15.8.